The molecule has 2 heterocycles. The molecule has 0 fully saturated rings. The third kappa shape index (κ3) is 3.75. The van der Waals surface area contributed by atoms with Gasteiger partial charge in [0.15, 0.2) is 0 Å². The topological polar surface area (TPSA) is 63.8 Å². The number of hydrogen-bond acceptors (Lipinski definition) is 5. The van der Waals surface area contributed by atoms with Crippen LogP contribution in [0.5, 0.6) is 0 Å². The summed E-state index contributed by atoms with van der Waals surface area (Å²) in [6.45, 7) is 3.94. The van der Waals surface area contributed by atoms with E-state index in [0.29, 0.717) is 9.95 Å². The lowest BCUT2D eigenvalue weighted by molar-refractivity contribution is -0.138. The second-order valence-corrected chi connectivity index (χ2v) is 6.89. The first-order chi connectivity index (χ1) is 12.5. The van der Waals surface area contributed by atoms with Crippen LogP contribution in [0.15, 0.2) is 63.8 Å². The lowest BCUT2D eigenvalue weighted by atomic mass is 10.2. The molecule has 134 valence electrons. The first kappa shape index (κ1) is 18.1. The zero-order valence-electron chi connectivity index (χ0n) is 14.9. The predicted molar refractivity (Wildman–Crippen MR) is 106 cm³/mol. The number of ether oxygens (including phenoxy) is 1. The fraction of sp³-hybridized carbons (Fsp3) is 0.200. The van der Waals surface area contributed by atoms with Crippen LogP contribution >= 0.6 is 11.8 Å². The van der Waals surface area contributed by atoms with E-state index >= 15 is 0 Å². The smallest absolute Gasteiger partial charge is 0.344 e. The number of aryl methyl sites for hydroxylation is 2. The number of carbonyl (C=O) groups is 1. The summed E-state index contributed by atoms with van der Waals surface area (Å²) in [5.74, 6) is -0.666. The number of thioether (sulfide) groups is 1. The Morgan fingerprint density at radius 1 is 1.35 bits per heavy atom. The van der Waals surface area contributed by atoms with E-state index in [-0.39, 0.29) is 17.9 Å². The highest BCUT2D eigenvalue weighted by atomic mass is 32.2. The molecular formula is C20H20N2O3S. The highest BCUT2D eigenvalue weighted by Gasteiger charge is 2.33. The minimum absolute atomic E-state index is 0.0962. The number of rotatable bonds is 4. The molecule has 1 N–H and O–H groups in total. The van der Waals surface area contributed by atoms with E-state index in [1.54, 1.807) is 6.92 Å². The van der Waals surface area contributed by atoms with Crippen LogP contribution in [0.4, 0.5) is 5.69 Å². The fourth-order valence-electron chi connectivity index (χ4n) is 2.57. The average Bonchev–Trinajstić information content (AvgIpc) is 3.12. The largest absolute Gasteiger partial charge is 0.506 e. The molecule has 1 aromatic heterocycles. The van der Waals surface area contributed by atoms with Gasteiger partial charge in [-0.3, -0.25) is 0 Å². The van der Waals surface area contributed by atoms with Gasteiger partial charge in [0.25, 0.3) is 0 Å². The summed E-state index contributed by atoms with van der Waals surface area (Å²) in [5, 5.41) is 11.1. The molecule has 0 atom stereocenters. The number of aliphatic hydroxyl groups is 1. The van der Waals surface area contributed by atoms with Crippen LogP contribution in [-0.4, -0.2) is 27.3 Å². The number of aliphatic hydroxyl groups excluding tert-OH is 1. The molecule has 26 heavy (non-hydrogen) atoms. The minimum Gasteiger partial charge on any atom is -0.506 e. The Morgan fingerprint density at radius 3 is 2.81 bits per heavy atom. The van der Waals surface area contributed by atoms with Gasteiger partial charge in [-0.25, -0.2) is 9.79 Å². The van der Waals surface area contributed by atoms with E-state index in [0.717, 1.165) is 16.9 Å². The molecule has 0 aliphatic carbocycles. The number of benzene rings is 1. The summed E-state index contributed by atoms with van der Waals surface area (Å²) in [7, 11) is 1.92. The summed E-state index contributed by atoms with van der Waals surface area (Å²) in [4.78, 5) is 17.5. The number of aromatic nitrogens is 1. The first-order valence-corrected chi connectivity index (χ1v) is 9.08. The van der Waals surface area contributed by atoms with Crippen molar-refractivity contribution in [2.24, 2.45) is 12.0 Å². The van der Waals surface area contributed by atoms with Gasteiger partial charge in [-0.05, 0) is 49.8 Å². The van der Waals surface area contributed by atoms with Crippen molar-refractivity contribution >= 4 is 34.5 Å². The van der Waals surface area contributed by atoms with Gasteiger partial charge in [0.1, 0.15) is 16.4 Å². The number of esters is 1. The van der Waals surface area contributed by atoms with Gasteiger partial charge in [-0.15, -0.1) is 0 Å². The summed E-state index contributed by atoms with van der Waals surface area (Å²) >= 11 is 1.26. The van der Waals surface area contributed by atoms with Crippen LogP contribution in [-0.2, 0) is 16.6 Å². The third-order valence-electron chi connectivity index (χ3n) is 3.87. The highest BCUT2D eigenvalue weighted by molar-refractivity contribution is 8.18. The van der Waals surface area contributed by atoms with Gasteiger partial charge in [0.05, 0.1) is 17.2 Å². The van der Waals surface area contributed by atoms with Crippen molar-refractivity contribution in [2.75, 3.05) is 6.61 Å². The molecule has 0 saturated carbocycles. The van der Waals surface area contributed by atoms with Crippen LogP contribution in [0.2, 0.25) is 0 Å². The Bertz CT molecular complexity index is 938. The summed E-state index contributed by atoms with van der Waals surface area (Å²) in [5.41, 5.74) is 2.82. The summed E-state index contributed by atoms with van der Waals surface area (Å²) in [6.07, 6.45) is 3.75. The lowest BCUT2D eigenvalue weighted by Crippen LogP contribution is -2.12. The second kappa shape index (κ2) is 7.66. The maximum Gasteiger partial charge on any atom is 0.344 e. The van der Waals surface area contributed by atoms with Crippen molar-refractivity contribution in [3.63, 3.8) is 0 Å². The van der Waals surface area contributed by atoms with Crippen LogP contribution < -0.4 is 0 Å². The van der Waals surface area contributed by atoms with Gasteiger partial charge in [-0.2, -0.15) is 0 Å². The molecule has 0 radical (unpaired) electrons. The van der Waals surface area contributed by atoms with E-state index in [1.165, 1.54) is 11.8 Å². The average molecular weight is 368 g/mol. The SMILES string of the molecule is CCOC(=O)C1=C(O)/C(=C\c2cccn2C)SC1=Nc1cccc(C)c1. The number of carbonyl (C=O) groups excluding carboxylic acids is 1. The Morgan fingerprint density at radius 2 is 2.15 bits per heavy atom. The van der Waals surface area contributed by atoms with Gasteiger partial charge in [0, 0.05) is 18.9 Å². The standard InChI is InChI=1S/C20H20N2O3S/c1-4-25-20(24)17-18(23)16(12-15-9-6-10-22(15)3)26-19(17)21-14-8-5-7-13(2)11-14/h5-12,23H,4H2,1-3H3/b16-12+,21-19?. The number of hydrogen-bond donors (Lipinski definition) is 1. The van der Waals surface area contributed by atoms with Crippen molar-refractivity contribution in [1.29, 1.82) is 0 Å². The molecule has 0 spiro atoms. The highest BCUT2D eigenvalue weighted by Crippen LogP contribution is 2.40. The molecule has 0 unspecified atom stereocenters. The van der Waals surface area contributed by atoms with Gasteiger partial charge >= 0.3 is 5.97 Å². The zero-order chi connectivity index (χ0) is 18.7. The third-order valence-corrected chi connectivity index (χ3v) is 4.89. The Hall–Kier alpha value is -2.73. The minimum atomic E-state index is -0.570. The molecule has 1 aliphatic rings. The van der Waals surface area contributed by atoms with Crippen molar-refractivity contribution in [3.05, 3.63) is 70.1 Å². The molecule has 5 nitrogen and oxygen atoms in total. The molecule has 1 aliphatic heterocycles. The fourth-order valence-corrected chi connectivity index (χ4v) is 3.59. The molecule has 0 bridgehead atoms. The molecule has 3 rings (SSSR count). The number of aliphatic imine (C=N–C) groups is 1. The summed E-state index contributed by atoms with van der Waals surface area (Å²) < 4.78 is 7.04. The monoisotopic (exact) mass is 368 g/mol. The Labute approximate surface area is 156 Å². The van der Waals surface area contributed by atoms with Crippen LogP contribution in [0, 0.1) is 6.92 Å². The second-order valence-electron chi connectivity index (χ2n) is 5.85. The van der Waals surface area contributed by atoms with Gasteiger partial charge in [-0.1, -0.05) is 23.9 Å². The van der Waals surface area contributed by atoms with E-state index in [1.807, 2.05) is 67.2 Å². The lowest BCUT2D eigenvalue weighted by Gasteiger charge is -2.04. The van der Waals surface area contributed by atoms with Gasteiger partial charge in [0.2, 0.25) is 0 Å². The number of nitrogens with zero attached hydrogens (tertiary/aromatic N) is 2. The maximum absolute atomic E-state index is 12.4. The van der Waals surface area contributed by atoms with Crippen LogP contribution in [0.25, 0.3) is 6.08 Å². The molecule has 0 amide bonds. The molecule has 1 aromatic carbocycles. The van der Waals surface area contributed by atoms with Crippen molar-refractivity contribution in [1.82, 2.24) is 4.57 Å². The van der Waals surface area contributed by atoms with Crippen molar-refractivity contribution in [3.8, 4) is 0 Å². The van der Waals surface area contributed by atoms with Crippen molar-refractivity contribution < 1.29 is 14.6 Å². The van der Waals surface area contributed by atoms with E-state index in [2.05, 4.69) is 4.99 Å². The molecular weight excluding hydrogens is 348 g/mol. The van der Waals surface area contributed by atoms with E-state index in [9.17, 15) is 9.90 Å². The van der Waals surface area contributed by atoms with E-state index in [4.69, 9.17) is 4.74 Å². The Kier molecular flexibility index (Phi) is 5.32. The Balaban J connectivity index is 2.05. The van der Waals surface area contributed by atoms with Crippen LogP contribution in [0.3, 0.4) is 0 Å². The maximum atomic E-state index is 12.4. The van der Waals surface area contributed by atoms with Crippen molar-refractivity contribution in [2.45, 2.75) is 13.8 Å². The molecule has 2 aromatic rings. The van der Waals surface area contributed by atoms with E-state index < -0.39 is 5.97 Å². The summed E-state index contributed by atoms with van der Waals surface area (Å²) in [6, 6.07) is 11.5. The normalized spacial score (nSPS) is 17.3. The molecule has 6 heteroatoms. The quantitative estimate of drug-likeness (QED) is 0.806. The van der Waals surface area contributed by atoms with Crippen LogP contribution in [0.1, 0.15) is 18.2 Å². The first-order valence-electron chi connectivity index (χ1n) is 8.27. The van der Waals surface area contributed by atoms with Gasteiger partial charge < -0.3 is 14.4 Å². The predicted octanol–water partition coefficient (Wildman–Crippen LogP) is 4.53. The molecule has 0 saturated heterocycles. The zero-order valence-corrected chi connectivity index (χ0v) is 15.7.